The molecule has 2 rings (SSSR count). The van der Waals surface area contributed by atoms with Crippen LogP contribution in [0.4, 0.5) is 4.39 Å². The van der Waals surface area contributed by atoms with Gasteiger partial charge in [-0.25, -0.2) is 4.39 Å². The maximum absolute atomic E-state index is 13.4. The van der Waals surface area contributed by atoms with E-state index in [1.807, 2.05) is 0 Å². The zero-order valence-electron chi connectivity index (χ0n) is 10.6. The Labute approximate surface area is 107 Å². The second kappa shape index (κ2) is 5.48. The second-order valence-electron chi connectivity index (χ2n) is 5.14. The Morgan fingerprint density at radius 3 is 2.94 bits per heavy atom. The summed E-state index contributed by atoms with van der Waals surface area (Å²) in [6.45, 7) is 3.70. The number of nitrogens with one attached hydrogen (secondary N) is 2. The van der Waals surface area contributed by atoms with Gasteiger partial charge in [-0.15, -0.1) is 0 Å². The van der Waals surface area contributed by atoms with Gasteiger partial charge >= 0.3 is 0 Å². The SMILES string of the molecule is CC1(CNC(=O)Cc2ccccc2F)CCCN1. The molecule has 0 spiro atoms. The van der Waals surface area contributed by atoms with Gasteiger partial charge in [0.1, 0.15) is 5.82 Å². The Morgan fingerprint density at radius 2 is 2.28 bits per heavy atom. The lowest BCUT2D eigenvalue weighted by Crippen LogP contribution is -2.47. The molecule has 1 aliphatic heterocycles. The molecular formula is C14H19FN2O. The standard InChI is InChI=1S/C14H19FN2O/c1-14(7-4-8-17-14)10-16-13(18)9-11-5-2-3-6-12(11)15/h2-3,5-6,17H,4,7-10H2,1H3,(H,16,18). The molecule has 18 heavy (non-hydrogen) atoms. The summed E-state index contributed by atoms with van der Waals surface area (Å²) in [4.78, 5) is 11.8. The smallest absolute Gasteiger partial charge is 0.224 e. The molecule has 1 aliphatic rings. The first-order valence-corrected chi connectivity index (χ1v) is 6.34. The van der Waals surface area contributed by atoms with Crippen molar-refractivity contribution in [2.24, 2.45) is 0 Å². The Morgan fingerprint density at radius 1 is 1.50 bits per heavy atom. The first kappa shape index (κ1) is 13.0. The van der Waals surface area contributed by atoms with Crippen LogP contribution >= 0.6 is 0 Å². The summed E-state index contributed by atoms with van der Waals surface area (Å²) in [5.41, 5.74) is 0.435. The van der Waals surface area contributed by atoms with Gasteiger partial charge in [0.2, 0.25) is 5.91 Å². The number of halogens is 1. The minimum atomic E-state index is -0.321. The Balaban J connectivity index is 1.84. The zero-order chi connectivity index (χ0) is 13.0. The van der Waals surface area contributed by atoms with Crippen LogP contribution < -0.4 is 10.6 Å². The third-order valence-electron chi connectivity index (χ3n) is 3.44. The number of benzene rings is 1. The van der Waals surface area contributed by atoms with E-state index >= 15 is 0 Å². The van der Waals surface area contributed by atoms with Crippen molar-refractivity contribution in [2.75, 3.05) is 13.1 Å². The maximum atomic E-state index is 13.4. The molecule has 0 aromatic heterocycles. The van der Waals surface area contributed by atoms with Crippen LogP contribution in [0.25, 0.3) is 0 Å². The van der Waals surface area contributed by atoms with Crippen molar-refractivity contribution in [1.29, 1.82) is 0 Å². The van der Waals surface area contributed by atoms with Crippen LogP contribution in [0.5, 0.6) is 0 Å². The summed E-state index contributed by atoms with van der Waals surface area (Å²) in [6, 6.07) is 6.39. The normalized spacial score (nSPS) is 23.0. The molecule has 3 nitrogen and oxygen atoms in total. The molecule has 1 heterocycles. The molecule has 1 saturated heterocycles. The van der Waals surface area contributed by atoms with Crippen molar-refractivity contribution in [2.45, 2.75) is 31.7 Å². The van der Waals surface area contributed by atoms with Crippen LogP contribution in [0.2, 0.25) is 0 Å². The van der Waals surface area contributed by atoms with Gasteiger partial charge < -0.3 is 10.6 Å². The van der Waals surface area contributed by atoms with E-state index in [4.69, 9.17) is 0 Å². The molecule has 0 radical (unpaired) electrons. The van der Waals surface area contributed by atoms with Crippen LogP contribution in [0.3, 0.4) is 0 Å². The van der Waals surface area contributed by atoms with Gasteiger partial charge in [0.15, 0.2) is 0 Å². The Kier molecular flexibility index (Phi) is 3.97. The highest BCUT2D eigenvalue weighted by atomic mass is 19.1. The molecule has 1 fully saturated rings. The molecule has 1 unspecified atom stereocenters. The van der Waals surface area contributed by atoms with Crippen molar-refractivity contribution >= 4 is 5.91 Å². The average molecular weight is 250 g/mol. The largest absolute Gasteiger partial charge is 0.354 e. The van der Waals surface area contributed by atoms with Gasteiger partial charge in [-0.05, 0) is 37.9 Å². The topological polar surface area (TPSA) is 41.1 Å². The maximum Gasteiger partial charge on any atom is 0.224 e. The van der Waals surface area contributed by atoms with E-state index in [0.717, 1.165) is 19.4 Å². The summed E-state index contributed by atoms with van der Waals surface area (Å²) < 4.78 is 13.4. The molecule has 1 atom stereocenters. The Bertz CT molecular complexity index is 428. The fraction of sp³-hybridized carbons (Fsp3) is 0.500. The van der Waals surface area contributed by atoms with Gasteiger partial charge in [0.05, 0.1) is 6.42 Å². The lowest BCUT2D eigenvalue weighted by atomic mass is 10.0. The van der Waals surface area contributed by atoms with E-state index in [2.05, 4.69) is 17.6 Å². The van der Waals surface area contributed by atoms with Crippen LogP contribution in [0.1, 0.15) is 25.3 Å². The predicted octanol–water partition coefficient (Wildman–Crippen LogP) is 1.63. The van der Waals surface area contributed by atoms with Crippen molar-refractivity contribution in [3.8, 4) is 0 Å². The third kappa shape index (κ3) is 3.29. The van der Waals surface area contributed by atoms with E-state index in [-0.39, 0.29) is 23.7 Å². The van der Waals surface area contributed by atoms with Crippen molar-refractivity contribution in [3.05, 3.63) is 35.6 Å². The summed E-state index contributed by atoms with van der Waals surface area (Å²) in [6.07, 6.45) is 2.30. The predicted molar refractivity (Wildman–Crippen MR) is 68.8 cm³/mol. The second-order valence-corrected chi connectivity index (χ2v) is 5.14. The van der Waals surface area contributed by atoms with Crippen LogP contribution in [0, 0.1) is 5.82 Å². The lowest BCUT2D eigenvalue weighted by molar-refractivity contribution is -0.120. The zero-order valence-corrected chi connectivity index (χ0v) is 10.6. The van der Waals surface area contributed by atoms with Crippen LogP contribution in [-0.4, -0.2) is 24.5 Å². The summed E-state index contributed by atoms with van der Waals surface area (Å²) in [5, 5.41) is 6.25. The highest BCUT2D eigenvalue weighted by molar-refractivity contribution is 5.78. The Hall–Kier alpha value is -1.42. The first-order chi connectivity index (χ1) is 8.59. The van der Waals surface area contributed by atoms with Gasteiger partial charge in [0, 0.05) is 12.1 Å². The number of rotatable bonds is 4. The van der Waals surface area contributed by atoms with E-state index in [0.29, 0.717) is 12.1 Å². The molecule has 0 saturated carbocycles. The van der Waals surface area contributed by atoms with E-state index in [1.165, 1.54) is 6.07 Å². The van der Waals surface area contributed by atoms with E-state index < -0.39 is 0 Å². The fourth-order valence-corrected chi connectivity index (χ4v) is 2.28. The quantitative estimate of drug-likeness (QED) is 0.852. The fourth-order valence-electron chi connectivity index (χ4n) is 2.28. The van der Waals surface area contributed by atoms with Crippen molar-refractivity contribution in [3.63, 3.8) is 0 Å². The highest BCUT2D eigenvalue weighted by Crippen LogP contribution is 2.17. The van der Waals surface area contributed by atoms with E-state index in [9.17, 15) is 9.18 Å². The molecule has 0 aliphatic carbocycles. The van der Waals surface area contributed by atoms with Gasteiger partial charge in [0.25, 0.3) is 0 Å². The number of hydrogen-bond acceptors (Lipinski definition) is 2. The number of amides is 1. The molecular weight excluding hydrogens is 231 g/mol. The van der Waals surface area contributed by atoms with E-state index in [1.54, 1.807) is 18.2 Å². The molecule has 2 N–H and O–H groups in total. The molecule has 1 aromatic rings. The lowest BCUT2D eigenvalue weighted by Gasteiger charge is -2.24. The van der Waals surface area contributed by atoms with Crippen molar-refractivity contribution in [1.82, 2.24) is 10.6 Å². The average Bonchev–Trinajstić information content (AvgIpc) is 2.77. The monoisotopic (exact) mass is 250 g/mol. The minimum Gasteiger partial charge on any atom is -0.354 e. The van der Waals surface area contributed by atoms with Crippen LogP contribution in [-0.2, 0) is 11.2 Å². The molecule has 1 aromatic carbocycles. The van der Waals surface area contributed by atoms with Gasteiger partial charge in [-0.2, -0.15) is 0 Å². The number of carbonyl (C=O) groups excluding carboxylic acids is 1. The van der Waals surface area contributed by atoms with Crippen LogP contribution in [0.15, 0.2) is 24.3 Å². The number of carbonyl (C=O) groups is 1. The summed E-state index contributed by atoms with van der Waals surface area (Å²) >= 11 is 0. The molecule has 98 valence electrons. The highest BCUT2D eigenvalue weighted by Gasteiger charge is 2.28. The molecule has 0 bridgehead atoms. The van der Waals surface area contributed by atoms with Crippen molar-refractivity contribution < 1.29 is 9.18 Å². The molecule has 1 amide bonds. The van der Waals surface area contributed by atoms with Gasteiger partial charge in [-0.3, -0.25) is 4.79 Å². The summed E-state index contributed by atoms with van der Waals surface area (Å²) in [7, 11) is 0. The number of hydrogen-bond donors (Lipinski definition) is 2. The third-order valence-corrected chi connectivity index (χ3v) is 3.44. The minimum absolute atomic E-state index is 0.00904. The van der Waals surface area contributed by atoms with Gasteiger partial charge in [-0.1, -0.05) is 18.2 Å². The summed E-state index contributed by atoms with van der Waals surface area (Å²) in [5.74, 6) is -0.451. The first-order valence-electron chi connectivity index (χ1n) is 6.34. The molecule has 4 heteroatoms.